The van der Waals surface area contributed by atoms with E-state index in [4.69, 9.17) is 4.55 Å². The van der Waals surface area contributed by atoms with E-state index in [1.807, 2.05) is 45.2 Å². The minimum Gasteiger partial charge on any atom is -0.506 e. The molecule has 0 fully saturated rings. The molecule has 100 valence electrons. The molecule has 0 saturated heterocycles. The molecule has 0 aliphatic carbocycles. The predicted octanol–water partition coefficient (Wildman–Crippen LogP) is 1.22. The molecule has 1 amide bonds. The number of phenols is 1. The maximum atomic E-state index is 11.7. The number of hydrogen-bond acceptors (Lipinski definition) is 4. The maximum absolute atomic E-state index is 11.7. The van der Waals surface area contributed by atoms with E-state index >= 15 is 0 Å². The SMILES string of the molecule is O=C(NCCS(=O)(=O)O)c1cc(I)cc(I)c1O. The number of phenolic OH excluding ortho intramolecular Hbond substituents is 1. The van der Waals surface area contributed by atoms with Gasteiger partial charge in [0.25, 0.3) is 16.0 Å². The Morgan fingerprint density at radius 1 is 1.33 bits per heavy atom. The number of hydrogen-bond donors (Lipinski definition) is 3. The Labute approximate surface area is 131 Å². The zero-order valence-electron chi connectivity index (χ0n) is 8.85. The van der Waals surface area contributed by atoms with E-state index < -0.39 is 21.8 Å². The van der Waals surface area contributed by atoms with Gasteiger partial charge in [-0.1, -0.05) is 0 Å². The van der Waals surface area contributed by atoms with Crippen molar-refractivity contribution in [2.75, 3.05) is 12.3 Å². The molecule has 0 bridgehead atoms. The van der Waals surface area contributed by atoms with Crippen LogP contribution in [0.15, 0.2) is 12.1 Å². The first-order chi connectivity index (χ1) is 8.20. The second-order valence-corrected chi connectivity index (χ2v) is 7.31. The number of benzene rings is 1. The fourth-order valence-corrected chi connectivity index (χ4v) is 3.33. The molecule has 0 radical (unpaired) electrons. The Bertz CT molecular complexity index is 573. The maximum Gasteiger partial charge on any atom is 0.266 e. The second-order valence-electron chi connectivity index (χ2n) is 3.33. The molecular formula is C9H9I2NO5S. The van der Waals surface area contributed by atoms with Crippen molar-refractivity contribution in [1.82, 2.24) is 5.32 Å². The number of halogens is 2. The molecule has 0 spiro atoms. The van der Waals surface area contributed by atoms with Gasteiger partial charge in [0.1, 0.15) is 5.75 Å². The molecule has 3 N–H and O–H groups in total. The van der Waals surface area contributed by atoms with Crippen LogP contribution in [0.3, 0.4) is 0 Å². The van der Waals surface area contributed by atoms with E-state index in [-0.39, 0.29) is 17.9 Å². The van der Waals surface area contributed by atoms with Crippen LogP contribution in [0.25, 0.3) is 0 Å². The Kier molecular flexibility index (Phi) is 5.61. The van der Waals surface area contributed by atoms with Crippen LogP contribution in [-0.2, 0) is 10.1 Å². The molecule has 1 aromatic carbocycles. The van der Waals surface area contributed by atoms with Crippen LogP contribution in [-0.4, -0.2) is 36.3 Å². The molecule has 0 unspecified atom stereocenters. The van der Waals surface area contributed by atoms with Gasteiger partial charge < -0.3 is 10.4 Å². The Morgan fingerprint density at radius 3 is 2.50 bits per heavy atom. The zero-order valence-corrected chi connectivity index (χ0v) is 14.0. The van der Waals surface area contributed by atoms with Gasteiger partial charge in [0.05, 0.1) is 14.9 Å². The first-order valence-electron chi connectivity index (χ1n) is 4.62. The summed E-state index contributed by atoms with van der Waals surface area (Å²) in [6, 6.07) is 3.19. The molecule has 18 heavy (non-hydrogen) atoms. The average molecular weight is 497 g/mol. The first-order valence-corrected chi connectivity index (χ1v) is 8.39. The standard InChI is InChI=1S/C9H9I2NO5S/c10-5-3-6(8(13)7(11)4-5)9(14)12-1-2-18(15,16)17/h3-4,13H,1-2H2,(H,12,14)(H,15,16,17). The first kappa shape index (κ1) is 15.9. The summed E-state index contributed by atoms with van der Waals surface area (Å²) in [4.78, 5) is 11.7. The lowest BCUT2D eigenvalue weighted by Gasteiger charge is -2.08. The lowest BCUT2D eigenvalue weighted by atomic mass is 10.2. The fraction of sp³-hybridized carbons (Fsp3) is 0.222. The van der Waals surface area contributed by atoms with E-state index in [0.717, 1.165) is 3.57 Å². The molecule has 9 heteroatoms. The summed E-state index contributed by atoms with van der Waals surface area (Å²) in [6.45, 7) is -0.223. The molecule has 1 rings (SSSR count). The highest BCUT2D eigenvalue weighted by Crippen LogP contribution is 2.26. The molecule has 0 aliphatic rings. The lowest BCUT2D eigenvalue weighted by Crippen LogP contribution is -2.29. The number of aromatic hydroxyl groups is 1. The Balaban J connectivity index is 2.79. The number of nitrogens with one attached hydrogen (secondary N) is 1. The van der Waals surface area contributed by atoms with Crippen LogP contribution in [0, 0.1) is 7.14 Å². The van der Waals surface area contributed by atoms with Crippen LogP contribution in [0.5, 0.6) is 5.75 Å². The summed E-state index contributed by atoms with van der Waals surface area (Å²) in [7, 11) is -4.11. The van der Waals surface area contributed by atoms with Gasteiger partial charge in [0.15, 0.2) is 0 Å². The summed E-state index contributed by atoms with van der Waals surface area (Å²) in [5.41, 5.74) is 0.0710. The second kappa shape index (κ2) is 6.34. The highest BCUT2D eigenvalue weighted by atomic mass is 127. The van der Waals surface area contributed by atoms with Gasteiger partial charge in [-0.25, -0.2) is 0 Å². The van der Waals surface area contributed by atoms with Gasteiger partial charge in [-0.05, 0) is 57.3 Å². The van der Waals surface area contributed by atoms with E-state index in [0.29, 0.717) is 3.57 Å². The summed E-state index contributed by atoms with van der Waals surface area (Å²) in [6.07, 6.45) is 0. The van der Waals surface area contributed by atoms with Crippen molar-refractivity contribution in [2.45, 2.75) is 0 Å². The normalized spacial score (nSPS) is 11.3. The number of carbonyl (C=O) groups excluding carboxylic acids is 1. The molecular weight excluding hydrogens is 488 g/mol. The Hall–Kier alpha value is -0.140. The molecule has 1 aromatic rings. The molecule has 0 saturated carbocycles. The summed E-state index contributed by atoms with van der Waals surface area (Å²) < 4.78 is 30.8. The highest BCUT2D eigenvalue weighted by molar-refractivity contribution is 14.1. The fourth-order valence-electron chi connectivity index (χ4n) is 1.13. The van der Waals surface area contributed by atoms with Crippen molar-refractivity contribution >= 4 is 61.2 Å². The van der Waals surface area contributed by atoms with E-state index in [9.17, 15) is 18.3 Å². The molecule has 0 aromatic heterocycles. The van der Waals surface area contributed by atoms with E-state index in [1.54, 1.807) is 6.07 Å². The van der Waals surface area contributed by atoms with Crippen LogP contribution < -0.4 is 5.32 Å². The van der Waals surface area contributed by atoms with Crippen molar-refractivity contribution in [2.24, 2.45) is 0 Å². The van der Waals surface area contributed by atoms with Gasteiger partial charge in [-0.3, -0.25) is 9.35 Å². The topological polar surface area (TPSA) is 104 Å². The van der Waals surface area contributed by atoms with Crippen molar-refractivity contribution in [3.05, 3.63) is 24.8 Å². The lowest BCUT2D eigenvalue weighted by molar-refractivity contribution is 0.0953. The molecule has 0 atom stereocenters. The summed E-state index contributed by atoms with van der Waals surface area (Å²) >= 11 is 3.89. The van der Waals surface area contributed by atoms with Gasteiger partial charge in [-0.15, -0.1) is 0 Å². The minimum atomic E-state index is -4.11. The average Bonchev–Trinajstić information content (AvgIpc) is 2.21. The monoisotopic (exact) mass is 497 g/mol. The number of carbonyl (C=O) groups is 1. The van der Waals surface area contributed by atoms with E-state index in [2.05, 4.69) is 5.32 Å². The van der Waals surface area contributed by atoms with Crippen LogP contribution in [0.2, 0.25) is 0 Å². The third kappa shape index (κ3) is 4.85. The van der Waals surface area contributed by atoms with Crippen molar-refractivity contribution < 1.29 is 22.9 Å². The van der Waals surface area contributed by atoms with Crippen LogP contribution in [0.4, 0.5) is 0 Å². The Morgan fingerprint density at radius 2 is 1.94 bits per heavy atom. The summed E-state index contributed by atoms with van der Waals surface area (Å²) in [5.74, 6) is -1.31. The zero-order chi connectivity index (χ0) is 13.9. The third-order valence-electron chi connectivity index (χ3n) is 1.92. The highest BCUT2D eigenvalue weighted by Gasteiger charge is 2.15. The smallest absolute Gasteiger partial charge is 0.266 e. The quantitative estimate of drug-likeness (QED) is 0.429. The van der Waals surface area contributed by atoms with Gasteiger partial charge in [0.2, 0.25) is 0 Å². The van der Waals surface area contributed by atoms with Gasteiger partial charge in [-0.2, -0.15) is 8.42 Å². The predicted molar refractivity (Wildman–Crippen MR) is 82.3 cm³/mol. The van der Waals surface area contributed by atoms with Gasteiger partial charge >= 0.3 is 0 Å². The number of rotatable bonds is 4. The molecule has 0 heterocycles. The summed E-state index contributed by atoms with van der Waals surface area (Å²) in [5, 5.41) is 12.0. The largest absolute Gasteiger partial charge is 0.506 e. The van der Waals surface area contributed by atoms with Crippen molar-refractivity contribution in [1.29, 1.82) is 0 Å². The van der Waals surface area contributed by atoms with Crippen LogP contribution >= 0.6 is 45.2 Å². The van der Waals surface area contributed by atoms with Crippen LogP contribution in [0.1, 0.15) is 10.4 Å². The number of amides is 1. The molecule has 6 nitrogen and oxygen atoms in total. The van der Waals surface area contributed by atoms with Crippen molar-refractivity contribution in [3.8, 4) is 5.75 Å². The van der Waals surface area contributed by atoms with E-state index in [1.165, 1.54) is 6.07 Å². The third-order valence-corrected chi connectivity index (χ3v) is 4.08. The minimum absolute atomic E-state index is 0.0710. The molecule has 0 aliphatic heterocycles. The van der Waals surface area contributed by atoms with Crippen molar-refractivity contribution in [3.63, 3.8) is 0 Å². The van der Waals surface area contributed by atoms with Gasteiger partial charge in [0, 0.05) is 10.1 Å².